The van der Waals surface area contributed by atoms with E-state index in [1.807, 2.05) is 13.8 Å². The van der Waals surface area contributed by atoms with Crippen LogP contribution in [0.2, 0.25) is 0 Å². The molecule has 5 heteroatoms. The molecule has 0 bridgehead atoms. The average molecular weight is 307 g/mol. The Morgan fingerprint density at radius 3 is 2.35 bits per heavy atom. The highest BCUT2D eigenvalue weighted by Crippen LogP contribution is 2.06. The maximum atomic E-state index is 11.6. The van der Waals surface area contributed by atoms with Crippen LogP contribution < -0.4 is 10.6 Å². The molecule has 0 aliphatic rings. The summed E-state index contributed by atoms with van der Waals surface area (Å²) >= 11 is 3.32. The van der Waals surface area contributed by atoms with Gasteiger partial charge in [0.05, 0.1) is 0 Å². The molecule has 0 radical (unpaired) electrons. The van der Waals surface area contributed by atoms with Crippen LogP contribution in [0.1, 0.15) is 39.5 Å². The van der Waals surface area contributed by atoms with E-state index < -0.39 is 6.04 Å². The van der Waals surface area contributed by atoms with Crippen molar-refractivity contribution >= 4 is 27.7 Å². The molecule has 0 aliphatic heterocycles. The molecule has 0 heterocycles. The molecule has 0 aromatic heterocycles. The van der Waals surface area contributed by atoms with E-state index in [1.165, 1.54) is 0 Å². The first kappa shape index (κ1) is 16.4. The molecule has 0 fully saturated rings. The number of unbranched alkanes of at least 4 members (excludes halogenated alkanes) is 1. The zero-order valence-electron chi connectivity index (χ0n) is 10.9. The Kier molecular flexibility index (Phi) is 9.13. The number of likely N-dealkylation sites (N-methyl/N-ethyl adjacent to an activating group) is 1. The summed E-state index contributed by atoms with van der Waals surface area (Å²) in [6.07, 6.45) is 2.97. The van der Waals surface area contributed by atoms with E-state index in [0.29, 0.717) is 18.8 Å². The molecule has 0 spiro atoms. The summed E-state index contributed by atoms with van der Waals surface area (Å²) in [5.74, 6) is 0.216. The Balaban J connectivity index is 4.13. The monoisotopic (exact) mass is 306 g/mol. The molecule has 1 atom stereocenters. The number of rotatable bonds is 8. The van der Waals surface area contributed by atoms with Gasteiger partial charge in [-0.25, -0.2) is 0 Å². The van der Waals surface area contributed by atoms with Crippen LogP contribution in [0.25, 0.3) is 0 Å². The van der Waals surface area contributed by atoms with Gasteiger partial charge in [-0.3, -0.25) is 9.59 Å². The number of nitrogens with one attached hydrogen (secondary N) is 2. The van der Waals surface area contributed by atoms with Crippen LogP contribution in [0.5, 0.6) is 0 Å². The molecule has 0 aromatic carbocycles. The number of amides is 2. The number of hydrogen-bond acceptors (Lipinski definition) is 2. The lowest BCUT2D eigenvalue weighted by Crippen LogP contribution is -2.46. The van der Waals surface area contributed by atoms with Crippen molar-refractivity contribution in [2.45, 2.75) is 45.6 Å². The smallest absolute Gasteiger partial charge is 0.242 e. The highest BCUT2D eigenvalue weighted by atomic mass is 79.9. The predicted octanol–water partition coefficient (Wildman–Crippen LogP) is 1.83. The minimum absolute atomic E-state index is 0.0415. The molecular formula is C12H23BrN2O2. The van der Waals surface area contributed by atoms with E-state index >= 15 is 0 Å². The van der Waals surface area contributed by atoms with Crippen LogP contribution in [-0.2, 0) is 9.59 Å². The maximum absolute atomic E-state index is 11.6. The van der Waals surface area contributed by atoms with Crippen LogP contribution in [0.15, 0.2) is 0 Å². The van der Waals surface area contributed by atoms with Crippen LogP contribution in [0.3, 0.4) is 0 Å². The van der Waals surface area contributed by atoms with Crippen LogP contribution in [0, 0.1) is 5.92 Å². The zero-order chi connectivity index (χ0) is 13.3. The Hall–Kier alpha value is -0.580. The fourth-order valence-corrected chi connectivity index (χ4v) is 1.92. The summed E-state index contributed by atoms with van der Waals surface area (Å²) in [5, 5.41) is 6.28. The standard InChI is InChI=1S/C12H23BrN2O2/c1-9(2)8-10(12(17)14-3)15-11(16)6-4-5-7-13/h9-10H,4-8H2,1-3H3,(H,14,17)(H,15,16). The summed E-state index contributed by atoms with van der Waals surface area (Å²) in [6.45, 7) is 4.07. The normalized spacial score (nSPS) is 12.3. The summed E-state index contributed by atoms with van der Waals surface area (Å²) < 4.78 is 0. The van der Waals surface area contributed by atoms with Crippen molar-refractivity contribution in [3.63, 3.8) is 0 Å². The Bertz CT molecular complexity index is 245. The minimum atomic E-state index is -0.406. The third-order valence-electron chi connectivity index (χ3n) is 2.39. The molecule has 0 saturated carbocycles. The molecule has 2 amide bonds. The van der Waals surface area contributed by atoms with Crippen LogP contribution >= 0.6 is 15.9 Å². The molecule has 0 aliphatic carbocycles. The van der Waals surface area contributed by atoms with Crippen molar-refractivity contribution in [1.82, 2.24) is 10.6 Å². The van der Waals surface area contributed by atoms with Gasteiger partial charge in [0.25, 0.3) is 0 Å². The molecule has 100 valence electrons. The highest BCUT2D eigenvalue weighted by molar-refractivity contribution is 9.09. The Labute approximate surface area is 112 Å². The van der Waals surface area contributed by atoms with Gasteiger partial charge in [-0.2, -0.15) is 0 Å². The molecule has 0 aromatic rings. The third kappa shape index (κ3) is 8.18. The number of carbonyl (C=O) groups is 2. The van der Waals surface area contributed by atoms with E-state index in [4.69, 9.17) is 0 Å². The molecule has 1 unspecified atom stereocenters. The van der Waals surface area contributed by atoms with Crippen molar-refractivity contribution in [1.29, 1.82) is 0 Å². The summed E-state index contributed by atoms with van der Waals surface area (Å²) in [7, 11) is 1.59. The first-order valence-electron chi connectivity index (χ1n) is 6.08. The first-order chi connectivity index (χ1) is 8.01. The second kappa shape index (κ2) is 9.45. The molecule has 17 heavy (non-hydrogen) atoms. The van der Waals surface area contributed by atoms with Crippen molar-refractivity contribution < 1.29 is 9.59 Å². The van der Waals surface area contributed by atoms with Gasteiger partial charge in [0.1, 0.15) is 6.04 Å². The Morgan fingerprint density at radius 2 is 1.88 bits per heavy atom. The lowest BCUT2D eigenvalue weighted by molar-refractivity contribution is -0.129. The van der Waals surface area contributed by atoms with Crippen molar-refractivity contribution in [3.8, 4) is 0 Å². The van der Waals surface area contributed by atoms with Crippen molar-refractivity contribution in [2.75, 3.05) is 12.4 Å². The molecule has 2 N–H and O–H groups in total. The van der Waals surface area contributed by atoms with Crippen LogP contribution in [0.4, 0.5) is 0 Å². The van der Waals surface area contributed by atoms with Gasteiger partial charge in [0, 0.05) is 18.8 Å². The van der Waals surface area contributed by atoms with Gasteiger partial charge in [0.2, 0.25) is 11.8 Å². The van der Waals surface area contributed by atoms with Gasteiger partial charge in [0.15, 0.2) is 0 Å². The lowest BCUT2D eigenvalue weighted by atomic mass is 10.0. The van der Waals surface area contributed by atoms with Crippen molar-refractivity contribution in [3.05, 3.63) is 0 Å². The topological polar surface area (TPSA) is 58.2 Å². The van der Waals surface area contributed by atoms with E-state index in [0.717, 1.165) is 18.2 Å². The summed E-state index contributed by atoms with van der Waals surface area (Å²) in [5.41, 5.74) is 0. The highest BCUT2D eigenvalue weighted by Gasteiger charge is 2.20. The first-order valence-corrected chi connectivity index (χ1v) is 7.20. The fraction of sp³-hybridized carbons (Fsp3) is 0.833. The second-order valence-electron chi connectivity index (χ2n) is 4.51. The quantitative estimate of drug-likeness (QED) is 0.531. The number of hydrogen-bond donors (Lipinski definition) is 2. The van der Waals surface area contributed by atoms with Gasteiger partial charge in [-0.05, 0) is 25.2 Å². The zero-order valence-corrected chi connectivity index (χ0v) is 12.5. The second-order valence-corrected chi connectivity index (χ2v) is 5.30. The SMILES string of the molecule is CNC(=O)C(CC(C)C)NC(=O)CCCCBr. The predicted molar refractivity (Wildman–Crippen MR) is 73.1 cm³/mol. The van der Waals surface area contributed by atoms with Gasteiger partial charge in [-0.15, -0.1) is 0 Å². The molecule has 0 rings (SSSR count). The van der Waals surface area contributed by atoms with Crippen molar-refractivity contribution in [2.24, 2.45) is 5.92 Å². The average Bonchev–Trinajstić information content (AvgIpc) is 2.27. The van der Waals surface area contributed by atoms with Gasteiger partial charge >= 0.3 is 0 Å². The summed E-state index contributed by atoms with van der Waals surface area (Å²) in [4.78, 5) is 23.2. The lowest BCUT2D eigenvalue weighted by Gasteiger charge is -2.19. The van der Waals surface area contributed by atoms with Gasteiger partial charge < -0.3 is 10.6 Å². The third-order valence-corrected chi connectivity index (χ3v) is 2.95. The number of carbonyl (C=O) groups excluding carboxylic acids is 2. The number of halogens is 1. The molecule has 0 saturated heterocycles. The van der Waals surface area contributed by atoms with E-state index in [2.05, 4.69) is 26.6 Å². The summed E-state index contributed by atoms with van der Waals surface area (Å²) in [6, 6.07) is -0.406. The van der Waals surface area contributed by atoms with E-state index in [-0.39, 0.29) is 11.8 Å². The van der Waals surface area contributed by atoms with Gasteiger partial charge in [-0.1, -0.05) is 29.8 Å². The molecule has 4 nitrogen and oxygen atoms in total. The number of alkyl halides is 1. The fourth-order valence-electron chi connectivity index (χ4n) is 1.52. The maximum Gasteiger partial charge on any atom is 0.242 e. The minimum Gasteiger partial charge on any atom is -0.357 e. The largest absolute Gasteiger partial charge is 0.357 e. The van der Waals surface area contributed by atoms with E-state index in [9.17, 15) is 9.59 Å². The van der Waals surface area contributed by atoms with Crippen LogP contribution in [-0.4, -0.2) is 30.2 Å². The van der Waals surface area contributed by atoms with E-state index in [1.54, 1.807) is 7.05 Å². The molecular weight excluding hydrogens is 284 g/mol. The Morgan fingerprint density at radius 1 is 1.24 bits per heavy atom.